The van der Waals surface area contributed by atoms with Crippen LogP contribution in [0.1, 0.15) is 43.1 Å². The molecule has 1 unspecified atom stereocenters. The Morgan fingerprint density at radius 2 is 2.09 bits per heavy atom. The summed E-state index contributed by atoms with van der Waals surface area (Å²) in [5.74, 6) is -4.56. The van der Waals surface area contributed by atoms with Gasteiger partial charge in [0.05, 0.1) is 18.3 Å². The van der Waals surface area contributed by atoms with Gasteiger partial charge in [0.2, 0.25) is 11.8 Å². The summed E-state index contributed by atoms with van der Waals surface area (Å²) in [6, 6.07) is 1.10. The van der Waals surface area contributed by atoms with E-state index in [1.54, 1.807) is 37.8 Å². The number of hydrogen-bond donors (Lipinski definition) is 3. The summed E-state index contributed by atoms with van der Waals surface area (Å²) in [4.78, 5) is 30.4. The lowest BCUT2D eigenvalue weighted by Gasteiger charge is -2.31. The maximum absolute atomic E-state index is 13.1. The SMILES string of the molecule is CCC(=O)Nc1nccc2c1CN(C(C)C1=CC(C)=C(OCC(F)(F)C(F)F)NN1)C2=O. The van der Waals surface area contributed by atoms with E-state index in [2.05, 4.69) is 21.2 Å². The summed E-state index contributed by atoms with van der Waals surface area (Å²) in [5.41, 5.74) is 7.27. The van der Waals surface area contributed by atoms with Gasteiger partial charge in [-0.1, -0.05) is 6.92 Å². The first-order valence-corrected chi connectivity index (χ1v) is 9.87. The smallest absolute Gasteiger partial charge is 0.340 e. The Kier molecular flexibility index (Phi) is 6.60. The number of fused-ring (bicyclic) bond motifs is 1. The highest BCUT2D eigenvalue weighted by molar-refractivity contribution is 6.01. The average molecular weight is 457 g/mol. The predicted octanol–water partition coefficient (Wildman–Crippen LogP) is 2.91. The summed E-state index contributed by atoms with van der Waals surface area (Å²) in [5, 5.41) is 2.69. The Morgan fingerprint density at radius 3 is 2.72 bits per heavy atom. The molecule has 12 heteroatoms. The summed E-state index contributed by atoms with van der Waals surface area (Å²) in [6.45, 7) is 3.73. The number of ether oxygens (including phenoxy) is 1. The molecule has 2 aliphatic rings. The molecule has 0 aromatic carbocycles. The number of anilines is 1. The minimum absolute atomic E-state index is 0.119. The van der Waals surface area contributed by atoms with Gasteiger partial charge >= 0.3 is 12.3 Å². The van der Waals surface area contributed by atoms with E-state index in [0.29, 0.717) is 28.2 Å². The number of halogens is 4. The third kappa shape index (κ3) is 4.63. The number of carbonyl (C=O) groups is 2. The molecule has 2 aliphatic heterocycles. The summed E-state index contributed by atoms with van der Waals surface area (Å²) >= 11 is 0. The van der Waals surface area contributed by atoms with Crippen LogP contribution in [0.3, 0.4) is 0 Å². The molecule has 3 rings (SSSR count). The minimum atomic E-state index is -4.28. The van der Waals surface area contributed by atoms with Gasteiger partial charge in [-0.3, -0.25) is 15.0 Å². The van der Waals surface area contributed by atoms with Crippen molar-refractivity contribution in [3.63, 3.8) is 0 Å². The van der Waals surface area contributed by atoms with Crippen LogP contribution in [-0.4, -0.2) is 46.7 Å². The van der Waals surface area contributed by atoms with Crippen molar-refractivity contribution in [2.75, 3.05) is 11.9 Å². The molecule has 0 saturated heterocycles. The Hall–Kier alpha value is -3.31. The lowest BCUT2D eigenvalue weighted by atomic mass is 10.1. The monoisotopic (exact) mass is 457 g/mol. The zero-order valence-electron chi connectivity index (χ0n) is 17.6. The lowest BCUT2D eigenvalue weighted by Crippen LogP contribution is -2.45. The van der Waals surface area contributed by atoms with E-state index in [0.717, 1.165) is 0 Å². The summed E-state index contributed by atoms with van der Waals surface area (Å²) < 4.78 is 55.7. The molecule has 0 spiro atoms. The molecule has 0 saturated carbocycles. The number of pyridine rings is 1. The highest BCUT2D eigenvalue weighted by Crippen LogP contribution is 2.31. The number of allylic oxidation sites excluding steroid dienone is 2. The molecule has 0 fully saturated rings. The van der Waals surface area contributed by atoms with Gasteiger partial charge in [0.1, 0.15) is 5.82 Å². The van der Waals surface area contributed by atoms with Crippen LogP contribution in [0.15, 0.2) is 35.5 Å². The second-order valence-electron chi connectivity index (χ2n) is 7.41. The van der Waals surface area contributed by atoms with Crippen molar-refractivity contribution in [3.8, 4) is 0 Å². The van der Waals surface area contributed by atoms with Crippen LogP contribution in [0.25, 0.3) is 0 Å². The molecule has 1 atom stereocenters. The molecule has 3 heterocycles. The molecule has 174 valence electrons. The van der Waals surface area contributed by atoms with Crippen LogP contribution < -0.4 is 16.2 Å². The molecule has 0 bridgehead atoms. The van der Waals surface area contributed by atoms with E-state index >= 15 is 0 Å². The average Bonchev–Trinajstić information content (AvgIpc) is 3.09. The van der Waals surface area contributed by atoms with Crippen molar-refractivity contribution >= 4 is 17.6 Å². The van der Waals surface area contributed by atoms with Gasteiger partial charge in [0.25, 0.3) is 5.91 Å². The highest BCUT2D eigenvalue weighted by atomic mass is 19.3. The zero-order valence-corrected chi connectivity index (χ0v) is 17.6. The fourth-order valence-electron chi connectivity index (χ4n) is 3.23. The molecule has 0 radical (unpaired) electrons. The van der Waals surface area contributed by atoms with E-state index in [1.807, 2.05) is 0 Å². The van der Waals surface area contributed by atoms with Crippen LogP contribution in [0.4, 0.5) is 23.4 Å². The van der Waals surface area contributed by atoms with Crippen LogP contribution in [0.5, 0.6) is 0 Å². The molecule has 8 nitrogen and oxygen atoms in total. The van der Waals surface area contributed by atoms with Crippen LogP contribution in [0, 0.1) is 0 Å². The Morgan fingerprint density at radius 1 is 1.38 bits per heavy atom. The third-order valence-electron chi connectivity index (χ3n) is 5.15. The fourth-order valence-corrected chi connectivity index (χ4v) is 3.23. The van der Waals surface area contributed by atoms with Crippen molar-refractivity contribution < 1.29 is 31.9 Å². The molecule has 32 heavy (non-hydrogen) atoms. The van der Waals surface area contributed by atoms with E-state index in [4.69, 9.17) is 4.74 Å². The molecule has 2 amide bonds. The number of alkyl halides is 4. The second-order valence-corrected chi connectivity index (χ2v) is 7.41. The number of nitrogens with one attached hydrogen (secondary N) is 3. The van der Waals surface area contributed by atoms with Gasteiger partial charge in [-0.25, -0.2) is 13.8 Å². The molecule has 0 aliphatic carbocycles. The first-order valence-electron chi connectivity index (χ1n) is 9.87. The molecule has 3 N–H and O–H groups in total. The number of carbonyl (C=O) groups excluding carboxylic acids is 2. The number of rotatable bonds is 8. The van der Waals surface area contributed by atoms with E-state index in [9.17, 15) is 27.2 Å². The number of amides is 2. The maximum Gasteiger partial charge on any atom is 0.340 e. The predicted molar refractivity (Wildman–Crippen MR) is 106 cm³/mol. The Labute approximate surface area is 181 Å². The fraction of sp³-hybridized carbons (Fsp3) is 0.450. The topological polar surface area (TPSA) is 95.6 Å². The number of aromatic nitrogens is 1. The van der Waals surface area contributed by atoms with Crippen LogP contribution in [0.2, 0.25) is 0 Å². The minimum Gasteiger partial charge on any atom is -0.471 e. The first-order chi connectivity index (χ1) is 15.0. The Bertz CT molecular complexity index is 980. The van der Waals surface area contributed by atoms with Crippen molar-refractivity contribution in [1.82, 2.24) is 20.7 Å². The molecular formula is C20H23F4N5O3. The zero-order chi connectivity index (χ0) is 23.6. The molecule has 1 aromatic heterocycles. The Balaban J connectivity index is 1.75. The van der Waals surface area contributed by atoms with Gasteiger partial charge in [0.15, 0.2) is 6.61 Å². The van der Waals surface area contributed by atoms with Gasteiger partial charge in [-0.2, -0.15) is 8.78 Å². The van der Waals surface area contributed by atoms with Crippen molar-refractivity contribution in [2.24, 2.45) is 0 Å². The number of hydrazine groups is 1. The van der Waals surface area contributed by atoms with E-state index < -0.39 is 25.0 Å². The van der Waals surface area contributed by atoms with Gasteiger partial charge in [0, 0.05) is 29.3 Å². The summed E-state index contributed by atoms with van der Waals surface area (Å²) in [6.07, 6.45) is -0.552. The summed E-state index contributed by atoms with van der Waals surface area (Å²) in [7, 11) is 0. The van der Waals surface area contributed by atoms with Crippen LogP contribution in [-0.2, 0) is 16.1 Å². The standard InChI is InChI=1S/C20H23F4N5O3/c1-4-15(30)26-16-13-8-29(18(31)12(13)5-6-25-16)11(3)14-7-10(2)17(28-27-14)32-9-20(23,24)19(21)22/h5-7,11,19,27-28H,4,8-9H2,1-3H3,(H,25,26,30). The van der Waals surface area contributed by atoms with Gasteiger partial charge in [-0.15, -0.1) is 0 Å². The van der Waals surface area contributed by atoms with E-state index in [-0.39, 0.29) is 30.7 Å². The number of nitrogens with zero attached hydrogens (tertiary/aromatic N) is 2. The quantitative estimate of drug-likeness (QED) is 0.520. The van der Waals surface area contributed by atoms with Crippen LogP contribution >= 0.6 is 0 Å². The molecule has 1 aromatic rings. The second kappa shape index (κ2) is 9.05. The lowest BCUT2D eigenvalue weighted by molar-refractivity contribution is -0.159. The maximum atomic E-state index is 13.1. The largest absolute Gasteiger partial charge is 0.471 e. The first kappa shape index (κ1) is 23.4. The van der Waals surface area contributed by atoms with Gasteiger partial charge in [-0.05, 0) is 26.0 Å². The van der Waals surface area contributed by atoms with Crippen molar-refractivity contribution in [1.29, 1.82) is 0 Å². The highest BCUT2D eigenvalue weighted by Gasteiger charge is 2.42. The van der Waals surface area contributed by atoms with Crippen molar-refractivity contribution in [3.05, 3.63) is 46.6 Å². The van der Waals surface area contributed by atoms with Gasteiger partial charge < -0.3 is 20.4 Å². The van der Waals surface area contributed by atoms with E-state index in [1.165, 1.54) is 6.20 Å². The molecular weight excluding hydrogens is 434 g/mol. The number of hydrogen-bond acceptors (Lipinski definition) is 6. The van der Waals surface area contributed by atoms with Crippen molar-refractivity contribution in [2.45, 2.75) is 52.1 Å². The normalized spacial score (nSPS) is 16.9. The third-order valence-corrected chi connectivity index (χ3v) is 5.15.